The number of nitrogens with one attached hydrogen (secondary N) is 1. The van der Waals surface area contributed by atoms with E-state index in [1.165, 1.54) is 11.1 Å². The van der Waals surface area contributed by atoms with Crippen LogP contribution in [0.25, 0.3) is 0 Å². The Hall–Kier alpha value is -1.75. The Morgan fingerprint density at radius 2 is 2.29 bits per heavy atom. The first-order chi connectivity index (χ1) is 8.27. The number of hydrogen-bond donors (Lipinski definition) is 1. The zero-order chi connectivity index (χ0) is 12.3. The van der Waals surface area contributed by atoms with Gasteiger partial charge in [0.2, 0.25) is 0 Å². The van der Waals surface area contributed by atoms with Crippen LogP contribution in [0.3, 0.4) is 0 Å². The monoisotopic (exact) mass is 231 g/mol. The fourth-order valence-corrected chi connectivity index (χ4v) is 2.01. The topological polar surface area (TPSA) is 55.6 Å². The predicted octanol–water partition coefficient (Wildman–Crippen LogP) is 1.08. The van der Waals surface area contributed by atoms with Gasteiger partial charge in [-0.05, 0) is 30.7 Å². The molecule has 0 aliphatic rings. The molecule has 2 heterocycles. The van der Waals surface area contributed by atoms with Gasteiger partial charge in [0.1, 0.15) is 12.2 Å². The van der Waals surface area contributed by atoms with Crippen molar-refractivity contribution in [3.05, 3.63) is 41.7 Å². The summed E-state index contributed by atoms with van der Waals surface area (Å²) < 4.78 is 1.79. The zero-order valence-corrected chi connectivity index (χ0v) is 10.4. The molecular formula is C12H17N5. The van der Waals surface area contributed by atoms with Gasteiger partial charge in [-0.15, -0.1) is 0 Å². The third kappa shape index (κ3) is 2.19. The largest absolute Gasteiger partial charge is 0.307 e. The van der Waals surface area contributed by atoms with E-state index in [1.807, 2.05) is 32.6 Å². The predicted molar refractivity (Wildman–Crippen MR) is 65.5 cm³/mol. The van der Waals surface area contributed by atoms with Crippen LogP contribution in [0.5, 0.6) is 0 Å². The van der Waals surface area contributed by atoms with Gasteiger partial charge >= 0.3 is 0 Å². The van der Waals surface area contributed by atoms with E-state index in [2.05, 4.69) is 27.3 Å². The van der Waals surface area contributed by atoms with Gasteiger partial charge in [-0.2, -0.15) is 5.10 Å². The molecule has 2 rings (SSSR count). The average molecular weight is 231 g/mol. The van der Waals surface area contributed by atoms with Gasteiger partial charge < -0.3 is 5.32 Å². The van der Waals surface area contributed by atoms with Gasteiger partial charge in [-0.1, -0.05) is 6.92 Å². The lowest BCUT2D eigenvalue weighted by Crippen LogP contribution is -2.22. The number of nitrogens with zero attached hydrogens (tertiary/aromatic N) is 4. The van der Waals surface area contributed by atoms with Crippen LogP contribution in [0, 0.1) is 0 Å². The Balaban J connectivity index is 2.46. The summed E-state index contributed by atoms with van der Waals surface area (Å²) in [5, 5.41) is 7.40. The number of aromatic nitrogens is 4. The summed E-state index contributed by atoms with van der Waals surface area (Å²) in [4.78, 5) is 8.47. The maximum absolute atomic E-state index is 4.31. The second-order valence-corrected chi connectivity index (χ2v) is 3.89. The maximum atomic E-state index is 4.31. The summed E-state index contributed by atoms with van der Waals surface area (Å²) in [6.45, 7) is 2.13. The highest BCUT2D eigenvalue weighted by atomic mass is 15.3. The van der Waals surface area contributed by atoms with Gasteiger partial charge in [-0.3, -0.25) is 9.67 Å². The Morgan fingerprint density at radius 3 is 2.88 bits per heavy atom. The molecule has 0 saturated heterocycles. The SMILES string of the molecule is CCc1cnccc1C(NC)c1ncnn1C. The Bertz CT molecular complexity index is 491. The third-order valence-corrected chi connectivity index (χ3v) is 2.93. The molecule has 0 radical (unpaired) electrons. The fraction of sp³-hybridized carbons (Fsp3) is 0.417. The minimum absolute atomic E-state index is 0.0560. The van der Waals surface area contributed by atoms with Crippen molar-refractivity contribution in [2.75, 3.05) is 7.05 Å². The molecule has 0 spiro atoms. The second kappa shape index (κ2) is 5.05. The first-order valence-electron chi connectivity index (χ1n) is 5.71. The summed E-state index contributed by atoms with van der Waals surface area (Å²) in [5.41, 5.74) is 2.44. The van der Waals surface area contributed by atoms with Crippen molar-refractivity contribution in [2.24, 2.45) is 7.05 Å². The Kier molecular flexibility index (Phi) is 3.49. The van der Waals surface area contributed by atoms with Gasteiger partial charge in [0.05, 0.1) is 6.04 Å². The molecule has 0 amide bonds. The third-order valence-electron chi connectivity index (χ3n) is 2.93. The number of aryl methyl sites for hydroxylation is 2. The normalized spacial score (nSPS) is 12.6. The lowest BCUT2D eigenvalue weighted by atomic mass is 10.0. The van der Waals surface area contributed by atoms with E-state index in [-0.39, 0.29) is 6.04 Å². The van der Waals surface area contributed by atoms with E-state index < -0.39 is 0 Å². The van der Waals surface area contributed by atoms with Gasteiger partial charge in [-0.25, -0.2) is 4.98 Å². The minimum Gasteiger partial charge on any atom is -0.307 e. The smallest absolute Gasteiger partial charge is 0.148 e. The molecule has 5 nitrogen and oxygen atoms in total. The van der Waals surface area contributed by atoms with Crippen LogP contribution in [0.1, 0.15) is 29.9 Å². The van der Waals surface area contributed by atoms with E-state index in [0.29, 0.717) is 0 Å². The van der Waals surface area contributed by atoms with E-state index in [0.717, 1.165) is 12.2 Å². The molecule has 17 heavy (non-hydrogen) atoms. The highest BCUT2D eigenvalue weighted by Crippen LogP contribution is 2.22. The fourth-order valence-electron chi connectivity index (χ4n) is 2.01. The second-order valence-electron chi connectivity index (χ2n) is 3.89. The van der Waals surface area contributed by atoms with Crippen LogP contribution in [-0.2, 0) is 13.5 Å². The van der Waals surface area contributed by atoms with Crippen LogP contribution in [0.2, 0.25) is 0 Å². The maximum Gasteiger partial charge on any atom is 0.148 e. The van der Waals surface area contributed by atoms with Crippen LogP contribution in [0.15, 0.2) is 24.8 Å². The van der Waals surface area contributed by atoms with Gasteiger partial charge in [0.15, 0.2) is 0 Å². The molecule has 0 fully saturated rings. The molecule has 1 unspecified atom stereocenters. The highest BCUT2D eigenvalue weighted by molar-refractivity contribution is 5.31. The zero-order valence-electron chi connectivity index (χ0n) is 10.4. The van der Waals surface area contributed by atoms with Crippen molar-refractivity contribution in [3.8, 4) is 0 Å². The Labute approximate surface area is 101 Å². The quantitative estimate of drug-likeness (QED) is 0.855. The van der Waals surface area contributed by atoms with Crippen LogP contribution < -0.4 is 5.32 Å². The molecule has 2 aromatic heterocycles. The minimum atomic E-state index is 0.0560. The van der Waals surface area contributed by atoms with Crippen molar-refractivity contribution in [1.82, 2.24) is 25.1 Å². The summed E-state index contributed by atoms with van der Waals surface area (Å²) in [5.74, 6) is 0.911. The molecule has 0 aromatic carbocycles. The molecule has 1 atom stereocenters. The summed E-state index contributed by atoms with van der Waals surface area (Å²) in [6.07, 6.45) is 6.26. The molecular weight excluding hydrogens is 214 g/mol. The molecule has 90 valence electrons. The molecule has 0 bridgehead atoms. The molecule has 0 saturated carbocycles. The van der Waals surface area contributed by atoms with E-state index >= 15 is 0 Å². The number of hydrogen-bond acceptors (Lipinski definition) is 4. The van der Waals surface area contributed by atoms with E-state index in [4.69, 9.17) is 0 Å². The number of rotatable bonds is 4. The Morgan fingerprint density at radius 1 is 1.47 bits per heavy atom. The van der Waals surface area contributed by atoms with Crippen molar-refractivity contribution < 1.29 is 0 Å². The number of pyridine rings is 1. The first-order valence-corrected chi connectivity index (χ1v) is 5.71. The van der Waals surface area contributed by atoms with Crippen molar-refractivity contribution in [2.45, 2.75) is 19.4 Å². The van der Waals surface area contributed by atoms with Crippen LogP contribution in [-0.4, -0.2) is 26.8 Å². The first kappa shape index (κ1) is 11.7. The van der Waals surface area contributed by atoms with Crippen molar-refractivity contribution in [3.63, 3.8) is 0 Å². The average Bonchev–Trinajstić information content (AvgIpc) is 2.78. The van der Waals surface area contributed by atoms with Crippen molar-refractivity contribution >= 4 is 0 Å². The summed E-state index contributed by atoms with van der Waals surface area (Å²) in [7, 11) is 3.83. The molecule has 5 heteroatoms. The lowest BCUT2D eigenvalue weighted by Gasteiger charge is -2.18. The van der Waals surface area contributed by atoms with Gasteiger partial charge in [0, 0.05) is 19.4 Å². The summed E-state index contributed by atoms with van der Waals surface area (Å²) >= 11 is 0. The molecule has 0 aliphatic heterocycles. The van der Waals surface area contributed by atoms with Crippen LogP contribution >= 0.6 is 0 Å². The van der Waals surface area contributed by atoms with Crippen LogP contribution in [0.4, 0.5) is 0 Å². The lowest BCUT2D eigenvalue weighted by molar-refractivity contribution is 0.587. The van der Waals surface area contributed by atoms with Crippen molar-refractivity contribution in [1.29, 1.82) is 0 Å². The highest BCUT2D eigenvalue weighted by Gasteiger charge is 2.19. The standard InChI is InChI=1S/C12H17N5/c1-4-9-7-14-6-5-10(9)11(13-2)12-15-8-16-17(12)3/h5-8,11,13H,4H2,1-3H3. The van der Waals surface area contributed by atoms with E-state index in [1.54, 1.807) is 11.0 Å². The van der Waals surface area contributed by atoms with E-state index in [9.17, 15) is 0 Å². The molecule has 1 N–H and O–H groups in total. The molecule has 2 aromatic rings. The van der Waals surface area contributed by atoms with Gasteiger partial charge in [0.25, 0.3) is 0 Å². The summed E-state index contributed by atoms with van der Waals surface area (Å²) in [6, 6.07) is 2.09. The molecule has 0 aliphatic carbocycles.